The average Bonchev–Trinajstić information content (AvgIpc) is 2.57. The first-order valence-corrected chi connectivity index (χ1v) is 8.84. The number of alkyl halides is 2. The molecule has 1 N–H and O–H groups in total. The maximum atomic E-state index is 14.4. The van der Waals surface area contributed by atoms with Crippen molar-refractivity contribution in [2.75, 3.05) is 0 Å². The Morgan fingerprint density at radius 1 is 1.08 bits per heavy atom. The highest BCUT2D eigenvalue weighted by Crippen LogP contribution is 2.41. The molecule has 1 fully saturated rings. The topological polar surface area (TPSA) is 38.7 Å². The Labute approximate surface area is 143 Å². The predicted octanol–water partition coefficient (Wildman–Crippen LogP) is 4.95. The molecule has 0 atom stereocenters. The molecule has 1 aromatic rings. The van der Waals surface area contributed by atoms with E-state index in [-0.39, 0.29) is 5.75 Å². The maximum absolute atomic E-state index is 14.4. The largest absolute Gasteiger partial charge is 0.569 e. The van der Waals surface area contributed by atoms with Gasteiger partial charge in [0.2, 0.25) is 0 Å². The van der Waals surface area contributed by atoms with Crippen LogP contribution in [0.5, 0.6) is 11.5 Å². The van der Waals surface area contributed by atoms with Crippen LogP contribution in [-0.4, -0.2) is 18.8 Å². The molecule has 0 aliphatic heterocycles. The molecular formula is C18H26BF2O3. The van der Waals surface area contributed by atoms with Gasteiger partial charge >= 0.3 is 13.8 Å². The quantitative estimate of drug-likeness (QED) is 0.511. The van der Waals surface area contributed by atoms with Gasteiger partial charge in [-0.2, -0.15) is 8.78 Å². The fourth-order valence-corrected chi connectivity index (χ4v) is 3.36. The lowest BCUT2D eigenvalue weighted by Gasteiger charge is -2.33. The van der Waals surface area contributed by atoms with Gasteiger partial charge in [0.1, 0.15) is 11.5 Å². The molecule has 133 valence electrons. The summed E-state index contributed by atoms with van der Waals surface area (Å²) in [7, 11) is 0.545. The molecule has 0 saturated heterocycles. The Morgan fingerprint density at radius 3 is 2.29 bits per heavy atom. The highest BCUT2D eigenvalue weighted by Gasteiger charge is 2.43. The van der Waals surface area contributed by atoms with Crippen LogP contribution < -0.4 is 9.39 Å². The molecule has 1 aliphatic rings. The van der Waals surface area contributed by atoms with Gasteiger partial charge in [-0.1, -0.05) is 32.6 Å². The molecule has 1 radical (unpaired) electrons. The van der Waals surface area contributed by atoms with E-state index in [1.807, 2.05) is 0 Å². The molecule has 1 aromatic carbocycles. The van der Waals surface area contributed by atoms with E-state index in [1.165, 1.54) is 43.5 Å². The minimum Gasteiger partial charge on any atom is -0.537 e. The van der Waals surface area contributed by atoms with E-state index in [0.29, 0.717) is 32.2 Å². The number of unbranched alkanes of at least 4 members (excludes halogenated alkanes) is 2. The highest BCUT2D eigenvalue weighted by atomic mass is 19.3. The monoisotopic (exact) mass is 339 g/mol. The van der Waals surface area contributed by atoms with Gasteiger partial charge in [0.05, 0.1) is 5.92 Å². The predicted molar refractivity (Wildman–Crippen MR) is 90.2 cm³/mol. The molecule has 0 heterocycles. The Kier molecular flexibility index (Phi) is 7.34. The number of hydrogen-bond acceptors (Lipinski definition) is 3. The zero-order valence-corrected chi connectivity index (χ0v) is 14.2. The van der Waals surface area contributed by atoms with Crippen molar-refractivity contribution >= 4 is 7.69 Å². The van der Waals surface area contributed by atoms with E-state index in [1.54, 1.807) is 0 Å². The van der Waals surface area contributed by atoms with Crippen molar-refractivity contribution in [3.05, 3.63) is 24.3 Å². The minimum atomic E-state index is -3.15. The molecule has 0 spiro atoms. The SMILES string of the molecule is CCCCCC1CCC(C(F)(F)Oc2ccc(O[B]O)cc2)CC1. The van der Waals surface area contributed by atoms with E-state index in [9.17, 15) is 8.78 Å². The summed E-state index contributed by atoms with van der Waals surface area (Å²) in [5.74, 6) is 0.340. The third kappa shape index (κ3) is 5.65. The molecule has 0 bridgehead atoms. The summed E-state index contributed by atoms with van der Waals surface area (Å²) in [6, 6.07) is 5.79. The molecule has 24 heavy (non-hydrogen) atoms. The lowest BCUT2D eigenvalue weighted by atomic mass is 9.79. The molecule has 0 aromatic heterocycles. The van der Waals surface area contributed by atoms with Crippen molar-refractivity contribution in [2.24, 2.45) is 11.8 Å². The smallest absolute Gasteiger partial charge is 0.537 e. The summed E-state index contributed by atoms with van der Waals surface area (Å²) in [5.41, 5.74) is 0. The lowest BCUT2D eigenvalue weighted by Crippen LogP contribution is -2.37. The van der Waals surface area contributed by atoms with E-state index in [4.69, 9.17) is 14.4 Å². The van der Waals surface area contributed by atoms with E-state index in [0.717, 1.165) is 19.3 Å². The zero-order chi connectivity index (χ0) is 17.4. The second-order valence-electron chi connectivity index (χ2n) is 6.57. The van der Waals surface area contributed by atoms with Crippen molar-refractivity contribution < 1.29 is 23.2 Å². The number of rotatable bonds is 9. The van der Waals surface area contributed by atoms with E-state index >= 15 is 0 Å². The van der Waals surface area contributed by atoms with Crippen LogP contribution in [0.3, 0.4) is 0 Å². The second-order valence-corrected chi connectivity index (χ2v) is 6.57. The highest BCUT2D eigenvalue weighted by molar-refractivity contribution is 6.17. The Balaban J connectivity index is 1.82. The Hall–Kier alpha value is -1.30. The van der Waals surface area contributed by atoms with Crippen molar-refractivity contribution in [3.63, 3.8) is 0 Å². The fourth-order valence-electron chi connectivity index (χ4n) is 3.36. The fraction of sp³-hybridized carbons (Fsp3) is 0.667. The van der Waals surface area contributed by atoms with Gasteiger partial charge in [-0.25, -0.2) is 0 Å². The molecule has 6 heteroatoms. The summed E-state index contributed by atoms with van der Waals surface area (Å²) in [6.45, 7) is 2.18. The van der Waals surface area contributed by atoms with Crippen LogP contribution in [0.1, 0.15) is 58.3 Å². The van der Waals surface area contributed by atoms with Gasteiger partial charge in [-0.3, -0.25) is 0 Å². The summed E-state index contributed by atoms with van der Waals surface area (Å²) in [6.07, 6.45) is 4.41. The molecule has 1 saturated carbocycles. The average molecular weight is 339 g/mol. The van der Waals surface area contributed by atoms with Crippen LogP contribution in [0.25, 0.3) is 0 Å². The standard InChI is InChI=1S/C18H26BF2O3/c1-2-3-4-5-14-6-8-15(9-7-14)18(20,21)23-16-10-12-17(13-11-16)24-19-22/h10-15,22H,2-9H2,1H3. The molecular weight excluding hydrogens is 313 g/mol. The molecule has 0 unspecified atom stereocenters. The summed E-state index contributed by atoms with van der Waals surface area (Å²) >= 11 is 0. The van der Waals surface area contributed by atoms with Crippen molar-refractivity contribution in [3.8, 4) is 11.5 Å². The Bertz CT molecular complexity index is 474. The van der Waals surface area contributed by atoms with Crippen LogP contribution >= 0.6 is 0 Å². The first kappa shape index (κ1) is 19.0. The number of ether oxygens (including phenoxy) is 1. The molecule has 1 aliphatic carbocycles. The number of halogens is 2. The van der Waals surface area contributed by atoms with E-state index < -0.39 is 12.0 Å². The van der Waals surface area contributed by atoms with Crippen LogP contribution in [0.15, 0.2) is 24.3 Å². The molecule has 2 rings (SSSR count). The molecule has 3 nitrogen and oxygen atoms in total. The normalized spacial score (nSPS) is 21.3. The maximum Gasteiger partial charge on any atom is 0.569 e. The van der Waals surface area contributed by atoms with Gasteiger partial charge < -0.3 is 14.4 Å². The molecule has 0 amide bonds. The van der Waals surface area contributed by atoms with E-state index in [2.05, 4.69) is 6.92 Å². The second kappa shape index (κ2) is 9.26. The van der Waals surface area contributed by atoms with Crippen LogP contribution in [-0.2, 0) is 0 Å². The zero-order valence-electron chi connectivity index (χ0n) is 14.2. The Morgan fingerprint density at radius 2 is 1.71 bits per heavy atom. The van der Waals surface area contributed by atoms with Gasteiger partial charge in [0, 0.05) is 0 Å². The van der Waals surface area contributed by atoms with Gasteiger partial charge in [0.25, 0.3) is 0 Å². The van der Waals surface area contributed by atoms with Crippen molar-refractivity contribution in [1.29, 1.82) is 0 Å². The van der Waals surface area contributed by atoms with Crippen LogP contribution in [0, 0.1) is 11.8 Å². The summed E-state index contributed by atoms with van der Waals surface area (Å²) in [4.78, 5) is 0. The van der Waals surface area contributed by atoms with Crippen LogP contribution in [0.4, 0.5) is 8.78 Å². The van der Waals surface area contributed by atoms with Crippen molar-refractivity contribution in [1.82, 2.24) is 0 Å². The van der Waals surface area contributed by atoms with Crippen LogP contribution in [0.2, 0.25) is 0 Å². The van der Waals surface area contributed by atoms with Gasteiger partial charge in [0.15, 0.2) is 0 Å². The minimum absolute atomic E-state index is 0.107. The van der Waals surface area contributed by atoms with Gasteiger partial charge in [-0.15, -0.1) is 0 Å². The summed E-state index contributed by atoms with van der Waals surface area (Å²) in [5, 5.41) is 8.54. The lowest BCUT2D eigenvalue weighted by molar-refractivity contribution is -0.223. The first-order chi connectivity index (χ1) is 11.5. The third-order valence-electron chi connectivity index (χ3n) is 4.80. The van der Waals surface area contributed by atoms with Crippen molar-refractivity contribution in [2.45, 2.75) is 64.4 Å². The first-order valence-electron chi connectivity index (χ1n) is 8.84. The third-order valence-corrected chi connectivity index (χ3v) is 4.80. The van der Waals surface area contributed by atoms with Gasteiger partial charge in [-0.05, 0) is 55.9 Å². The number of hydrogen-bond donors (Lipinski definition) is 1. The summed E-state index contributed by atoms with van der Waals surface area (Å²) < 4.78 is 38.4. The number of benzene rings is 1.